The van der Waals surface area contributed by atoms with Crippen molar-refractivity contribution < 1.29 is 21.6 Å². The van der Waals surface area contributed by atoms with E-state index in [0.29, 0.717) is 24.6 Å². The van der Waals surface area contributed by atoms with Gasteiger partial charge in [-0.3, -0.25) is 5.10 Å². The van der Waals surface area contributed by atoms with E-state index in [0.717, 1.165) is 12.3 Å². The molecule has 2 aromatic heterocycles. The molecule has 3 heterocycles. The van der Waals surface area contributed by atoms with Gasteiger partial charge in [0.25, 0.3) is 10.2 Å². The van der Waals surface area contributed by atoms with Gasteiger partial charge < -0.3 is 4.90 Å². The van der Waals surface area contributed by atoms with Gasteiger partial charge in [-0.05, 0) is 12.1 Å². The maximum absolute atomic E-state index is 12.6. The molecular formula is C13H16F3N7O2S. The molecule has 1 aliphatic heterocycles. The van der Waals surface area contributed by atoms with Gasteiger partial charge in [0.1, 0.15) is 5.82 Å². The number of hydrogen-bond donors (Lipinski definition) is 2. The van der Waals surface area contributed by atoms with Gasteiger partial charge in [-0.1, -0.05) is 5.21 Å². The molecule has 0 spiro atoms. The van der Waals surface area contributed by atoms with E-state index in [1.54, 1.807) is 4.90 Å². The molecule has 9 nitrogen and oxygen atoms in total. The molecule has 26 heavy (non-hydrogen) atoms. The van der Waals surface area contributed by atoms with Crippen molar-refractivity contribution in [2.24, 2.45) is 0 Å². The highest BCUT2D eigenvalue weighted by Crippen LogP contribution is 2.29. The molecule has 1 aliphatic rings. The lowest BCUT2D eigenvalue weighted by Gasteiger charge is -2.34. The number of halogens is 3. The SMILES string of the molecule is O=S(=O)(NCc1cnn[nH]1)N1CCN(c2ccc(C(F)(F)F)cn2)CC1. The third kappa shape index (κ3) is 4.28. The third-order valence-electron chi connectivity index (χ3n) is 3.89. The first-order chi connectivity index (χ1) is 12.3. The zero-order chi connectivity index (χ0) is 18.8. The molecule has 0 atom stereocenters. The Morgan fingerprint density at radius 3 is 2.42 bits per heavy atom. The molecule has 1 saturated heterocycles. The molecule has 0 saturated carbocycles. The molecule has 0 aromatic carbocycles. The Morgan fingerprint density at radius 1 is 1.15 bits per heavy atom. The maximum Gasteiger partial charge on any atom is 0.417 e. The highest BCUT2D eigenvalue weighted by atomic mass is 32.2. The van der Waals surface area contributed by atoms with Crippen LogP contribution in [0.15, 0.2) is 24.5 Å². The molecule has 3 rings (SSSR count). The molecule has 0 aliphatic carbocycles. The lowest BCUT2D eigenvalue weighted by atomic mass is 10.2. The van der Waals surface area contributed by atoms with Crippen LogP contribution in [0.5, 0.6) is 0 Å². The third-order valence-corrected chi connectivity index (χ3v) is 5.44. The molecule has 0 bridgehead atoms. The summed E-state index contributed by atoms with van der Waals surface area (Å²) in [6, 6.07) is 2.25. The van der Waals surface area contributed by atoms with E-state index >= 15 is 0 Å². The van der Waals surface area contributed by atoms with Crippen molar-refractivity contribution in [2.45, 2.75) is 12.7 Å². The number of alkyl halides is 3. The summed E-state index contributed by atoms with van der Waals surface area (Å²) in [5.74, 6) is 0.381. The van der Waals surface area contributed by atoms with Gasteiger partial charge in [-0.25, -0.2) is 4.98 Å². The van der Waals surface area contributed by atoms with Gasteiger partial charge in [0, 0.05) is 32.4 Å². The molecule has 142 valence electrons. The van der Waals surface area contributed by atoms with Gasteiger partial charge in [-0.2, -0.15) is 30.6 Å². The fraction of sp³-hybridized carbons (Fsp3) is 0.462. The van der Waals surface area contributed by atoms with Gasteiger partial charge in [-0.15, -0.1) is 5.10 Å². The Morgan fingerprint density at radius 2 is 1.88 bits per heavy atom. The second-order valence-corrected chi connectivity index (χ2v) is 7.35. The molecule has 0 radical (unpaired) electrons. The topological polar surface area (TPSA) is 107 Å². The lowest BCUT2D eigenvalue weighted by molar-refractivity contribution is -0.137. The van der Waals surface area contributed by atoms with Gasteiger partial charge in [0.15, 0.2) is 0 Å². The maximum atomic E-state index is 12.6. The van der Waals surface area contributed by atoms with Crippen LogP contribution in [0.25, 0.3) is 0 Å². The van der Waals surface area contributed by atoms with Gasteiger partial charge in [0.2, 0.25) is 0 Å². The molecule has 0 unspecified atom stereocenters. The van der Waals surface area contributed by atoms with Crippen LogP contribution in [0.1, 0.15) is 11.3 Å². The number of hydrogen-bond acceptors (Lipinski definition) is 6. The second-order valence-electron chi connectivity index (χ2n) is 5.60. The van der Waals surface area contributed by atoms with Crippen molar-refractivity contribution in [3.63, 3.8) is 0 Å². The van der Waals surface area contributed by atoms with Crippen LogP contribution in [-0.2, 0) is 22.9 Å². The summed E-state index contributed by atoms with van der Waals surface area (Å²) in [5, 5.41) is 9.61. The molecular weight excluding hydrogens is 375 g/mol. The van der Waals surface area contributed by atoms with Crippen molar-refractivity contribution >= 4 is 16.0 Å². The summed E-state index contributed by atoms with van der Waals surface area (Å²) in [6.07, 6.45) is -2.25. The molecule has 13 heteroatoms. The van der Waals surface area contributed by atoms with E-state index in [1.165, 1.54) is 16.6 Å². The van der Waals surface area contributed by atoms with Crippen molar-refractivity contribution in [3.8, 4) is 0 Å². The number of H-pyrrole nitrogens is 1. The highest BCUT2D eigenvalue weighted by molar-refractivity contribution is 7.87. The fourth-order valence-corrected chi connectivity index (χ4v) is 3.63. The Balaban J connectivity index is 1.56. The highest BCUT2D eigenvalue weighted by Gasteiger charge is 2.31. The van der Waals surface area contributed by atoms with E-state index in [4.69, 9.17) is 0 Å². The number of nitrogens with zero attached hydrogens (tertiary/aromatic N) is 5. The minimum atomic E-state index is -4.44. The summed E-state index contributed by atoms with van der Waals surface area (Å²) < 4.78 is 66.0. The predicted molar refractivity (Wildman–Crippen MR) is 85.2 cm³/mol. The first kappa shape index (κ1) is 18.5. The number of rotatable bonds is 5. The smallest absolute Gasteiger partial charge is 0.354 e. The van der Waals surface area contributed by atoms with Gasteiger partial charge >= 0.3 is 6.18 Å². The van der Waals surface area contributed by atoms with Gasteiger partial charge in [0.05, 0.1) is 24.0 Å². The van der Waals surface area contributed by atoms with Crippen LogP contribution in [0, 0.1) is 0 Å². The van der Waals surface area contributed by atoms with Crippen molar-refractivity contribution in [1.29, 1.82) is 0 Å². The first-order valence-corrected chi connectivity index (χ1v) is 9.07. The summed E-state index contributed by atoms with van der Waals surface area (Å²) >= 11 is 0. The largest absolute Gasteiger partial charge is 0.417 e. The van der Waals surface area contributed by atoms with Crippen LogP contribution in [0.2, 0.25) is 0 Å². The fourth-order valence-electron chi connectivity index (χ4n) is 2.46. The zero-order valence-corrected chi connectivity index (χ0v) is 14.3. The van der Waals surface area contributed by atoms with E-state index in [-0.39, 0.29) is 19.6 Å². The van der Waals surface area contributed by atoms with E-state index in [2.05, 4.69) is 25.1 Å². The summed E-state index contributed by atoms with van der Waals surface area (Å²) in [5.41, 5.74) is -0.291. The van der Waals surface area contributed by atoms with E-state index in [9.17, 15) is 21.6 Å². The van der Waals surface area contributed by atoms with Crippen LogP contribution >= 0.6 is 0 Å². The minimum Gasteiger partial charge on any atom is -0.354 e. The average molecular weight is 391 g/mol. The van der Waals surface area contributed by atoms with E-state index in [1.807, 2.05) is 0 Å². The number of anilines is 1. The normalized spacial score (nSPS) is 16.8. The van der Waals surface area contributed by atoms with Crippen LogP contribution in [0.3, 0.4) is 0 Å². The molecule has 2 aromatic rings. The Kier molecular flexibility index (Phi) is 5.11. The van der Waals surface area contributed by atoms with Crippen molar-refractivity contribution in [3.05, 3.63) is 35.8 Å². The quantitative estimate of drug-likeness (QED) is 0.763. The molecule has 1 fully saturated rings. The lowest BCUT2D eigenvalue weighted by Crippen LogP contribution is -2.52. The summed E-state index contributed by atoms with van der Waals surface area (Å²) in [6.45, 7) is 1.07. The standard InChI is InChI=1S/C13H16F3N7O2S/c14-13(15,16)10-1-2-12(17-7-10)22-3-5-23(6-4-22)26(24,25)19-9-11-8-18-21-20-11/h1-2,7-8,19H,3-6,9H2,(H,18,20,21). The molecule has 0 amide bonds. The average Bonchev–Trinajstić information content (AvgIpc) is 3.13. The monoisotopic (exact) mass is 391 g/mol. The summed E-state index contributed by atoms with van der Waals surface area (Å²) in [4.78, 5) is 5.57. The van der Waals surface area contributed by atoms with E-state index < -0.39 is 21.9 Å². The Labute approximate surface area is 147 Å². The first-order valence-electron chi connectivity index (χ1n) is 7.63. The minimum absolute atomic E-state index is 0.0377. The zero-order valence-electron chi connectivity index (χ0n) is 13.4. The number of piperazine rings is 1. The Hall–Kier alpha value is -2.25. The van der Waals surface area contributed by atoms with Crippen LogP contribution in [0.4, 0.5) is 19.0 Å². The number of pyridine rings is 1. The number of nitrogens with one attached hydrogen (secondary N) is 2. The molecule has 2 N–H and O–H groups in total. The second kappa shape index (κ2) is 7.17. The Bertz CT molecular complexity index is 816. The number of aromatic amines is 1. The summed E-state index contributed by atoms with van der Waals surface area (Å²) in [7, 11) is -3.68. The van der Waals surface area contributed by atoms with Crippen molar-refractivity contribution in [1.82, 2.24) is 29.4 Å². The van der Waals surface area contributed by atoms with Crippen LogP contribution < -0.4 is 9.62 Å². The van der Waals surface area contributed by atoms with Crippen molar-refractivity contribution in [2.75, 3.05) is 31.1 Å². The van der Waals surface area contributed by atoms with Crippen LogP contribution in [-0.4, -0.2) is 59.3 Å². The predicted octanol–water partition coefficient (Wildman–Crippen LogP) is 0.375. The number of aromatic nitrogens is 4.